The Morgan fingerprint density at radius 2 is 2.33 bits per heavy atom. The Kier molecular flexibility index (Phi) is 3.07. The normalized spacial score (nSPS) is 15.7. The van der Waals surface area contributed by atoms with E-state index < -0.39 is 0 Å². The first-order chi connectivity index (χ1) is 7.22. The molecule has 0 aromatic carbocycles. The predicted molar refractivity (Wildman–Crippen MR) is 60.4 cm³/mol. The number of nitrogens with two attached hydrogens (primary N) is 1. The van der Waals surface area contributed by atoms with Crippen molar-refractivity contribution in [3.8, 4) is 0 Å². The van der Waals surface area contributed by atoms with E-state index in [9.17, 15) is 0 Å². The van der Waals surface area contributed by atoms with E-state index in [0.29, 0.717) is 12.5 Å². The first-order valence-corrected chi connectivity index (χ1v) is 5.70. The quantitative estimate of drug-likeness (QED) is 0.766. The molecule has 0 aliphatic carbocycles. The van der Waals surface area contributed by atoms with E-state index in [2.05, 4.69) is 28.9 Å². The van der Waals surface area contributed by atoms with E-state index in [1.54, 1.807) is 0 Å². The molecule has 0 fully saturated rings. The molecule has 1 aliphatic heterocycles. The van der Waals surface area contributed by atoms with E-state index in [-0.39, 0.29) is 0 Å². The smallest absolute Gasteiger partial charge is 0.0798 e. The Bertz CT molecular complexity index is 341. The Labute approximate surface area is 90.8 Å². The van der Waals surface area contributed by atoms with Gasteiger partial charge in [-0.15, -0.1) is 0 Å². The Balaban J connectivity index is 2.33. The van der Waals surface area contributed by atoms with Gasteiger partial charge in [-0.1, -0.05) is 13.8 Å². The maximum atomic E-state index is 5.81. The van der Waals surface area contributed by atoms with Crippen LogP contribution in [0.15, 0.2) is 0 Å². The maximum Gasteiger partial charge on any atom is 0.0798 e. The van der Waals surface area contributed by atoms with Gasteiger partial charge < -0.3 is 11.1 Å². The fraction of sp³-hybridized carbons (Fsp3) is 0.727. The second-order valence-corrected chi connectivity index (χ2v) is 4.58. The Hall–Kier alpha value is -0.870. The van der Waals surface area contributed by atoms with E-state index >= 15 is 0 Å². The van der Waals surface area contributed by atoms with Gasteiger partial charge in [-0.3, -0.25) is 4.68 Å². The minimum Gasteiger partial charge on any atom is -0.325 e. The zero-order valence-electron chi connectivity index (χ0n) is 9.58. The highest BCUT2D eigenvalue weighted by molar-refractivity contribution is 5.28. The van der Waals surface area contributed by atoms with E-state index in [1.807, 2.05) is 0 Å². The summed E-state index contributed by atoms with van der Waals surface area (Å²) in [7, 11) is 0. The maximum absolute atomic E-state index is 5.81. The summed E-state index contributed by atoms with van der Waals surface area (Å²) in [5.74, 6) is 0.615. The molecule has 2 rings (SSSR count). The van der Waals surface area contributed by atoms with Gasteiger partial charge in [0.25, 0.3) is 0 Å². The summed E-state index contributed by atoms with van der Waals surface area (Å²) < 4.78 is 2.10. The third-order valence-electron chi connectivity index (χ3n) is 2.83. The highest BCUT2D eigenvalue weighted by Crippen LogP contribution is 2.18. The minimum atomic E-state index is 0.606. The summed E-state index contributed by atoms with van der Waals surface area (Å²) in [5.41, 5.74) is 9.63. The first kappa shape index (κ1) is 10.6. The van der Waals surface area contributed by atoms with Crippen LogP contribution >= 0.6 is 0 Å². The van der Waals surface area contributed by atoms with Crippen LogP contribution in [0.2, 0.25) is 0 Å². The molecule has 4 heteroatoms. The molecule has 15 heavy (non-hydrogen) atoms. The van der Waals surface area contributed by atoms with Gasteiger partial charge in [0.05, 0.1) is 11.4 Å². The molecule has 2 heterocycles. The molecular weight excluding hydrogens is 188 g/mol. The standard InChI is InChI=1S/C11H20N4/c1-8(2)7-15-11(5-12)9-3-4-13-6-10(9)14-15/h8,13H,3-7,12H2,1-2H3. The molecule has 0 radical (unpaired) electrons. The molecule has 84 valence electrons. The third kappa shape index (κ3) is 2.06. The van der Waals surface area contributed by atoms with Crippen LogP contribution in [-0.2, 0) is 26.1 Å². The summed E-state index contributed by atoms with van der Waals surface area (Å²) in [6, 6.07) is 0. The molecule has 0 atom stereocenters. The van der Waals surface area contributed by atoms with Crippen LogP contribution in [0, 0.1) is 5.92 Å². The van der Waals surface area contributed by atoms with Crippen molar-refractivity contribution in [2.24, 2.45) is 11.7 Å². The molecule has 0 bridgehead atoms. The zero-order chi connectivity index (χ0) is 10.8. The SMILES string of the molecule is CC(C)Cn1nc2c(c1CN)CCNC2. The minimum absolute atomic E-state index is 0.606. The molecular formula is C11H20N4. The van der Waals surface area contributed by atoms with E-state index in [1.165, 1.54) is 17.0 Å². The van der Waals surface area contributed by atoms with Gasteiger partial charge in [0.15, 0.2) is 0 Å². The van der Waals surface area contributed by atoms with Crippen molar-refractivity contribution in [2.75, 3.05) is 6.54 Å². The fourth-order valence-electron chi connectivity index (χ4n) is 2.17. The van der Waals surface area contributed by atoms with E-state index in [0.717, 1.165) is 26.1 Å². The van der Waals surface area contributed by atoms with Gasteiger partial charge in [0.1, 0.15) is 0 Å². The lowest BCUT2D eigenvalue weighted by Gasteiger charge is -2.12. The van der Waals surface area contributed by atoms with Crippen LogP contribution in [0.1, 0.15) is 30.8 Å². The number of fused-ring (bicyclic) bond motifs is 1. The first-order valence-electron chi connectivity index (χ1n) is 5.70. The van der Waals surface area contributed by atoms with Gasteiger partial charge in [-0.05, 0) is 18.9 Å². The van der Waals surface area contributed by atoms with Crippen molar-refractivity contribution in [2.45, 2.75) is 39.9 Å². The average Bonchev–Trinajstić information content (AvgIpc) is 2.53. The van der Waals surface area contributed by atoms with Gasteiger partial charge in [-0.25, -0.2) is 0 Å². The summed E-state index contributed by atoms with van der Waals surface area (Å²) >= 11 is 0. The van der Waals surface area contributed by atoms with Gasteiger partial charge in [-0.2, -0.15) is 5.10 Å². The molecule has 1 aromatic rings. The van der Waals surface area contributed by atoms with Crippen LogP contribution in [0.5, 0.6) is 0 Å². The summed E-state index contributed by atoms with van der Waals surface area (Å²) in [6.45, 7) is 7.94. The summed E-state index contributed by atoms with van der Waals surface area (Å²) in [6.07, 6.45) is 1.07. The molecule has 0 saturated heterocycles. The number of nitrogens with one attached hydrogen (secondary N) is 1. The van der Waals surface area contributed by atoms with Crippen LogP contribution in [0.3, 0.4) is 0 Å². The van der Waals surface area contributed by atoms with Crippen LogP contribution in [0.4, 0.5) is 0 Å². The molecule has 0 saturated carbocycles. The fourth-order valence-corrected chi connectivity index (χ4v) is 2.17. The molecule has 0 spiro atoms. The number of hydrogen-bond donors (Lipinski definition) is 2. The predicted octanol–water partition coefficient (Wildman–Crippen LogP) is 0.643. The zero-order valence-corrected chi connectivity index (χ0v) is 9.58. The highest BCUT2D eigenvalue weighted by Gasteiger charge is 2.19. The Morgan fingerprint density at radius 3 is 3.00 bits per heavy atom. The van der Waals surface area contributed by atoms with Crippen LogP contribution in [-0.4, -0.2) is 16.3 Å². The second-order valence-electron chi connectivity index (χ2n) is 4.58. The monoisotopic (exact) mass is 208 g/mol. The Morgan fingerprint density at radius 1 is 1.53 bits per heavy atom. The van der Waals surface area contributed by atoms with Crippen LogP contribution < -0.4 is 11.1 Å². The largest absolute Gasteiger partial charge is 0.325 e. The van der Waals surface area contributed by atoms with Crippen molar-refractivity contribution in [1.82, 2.24) is 15.1 Å². The van der Waals surface area contributed by atoms with Crippen molar-refractivity contribution in [3.05, 3.63) is 17.0 Å². The number of hydrogen-bond acceptors (Lipinski definition) is 3. The molecule has 1 aliphatic rings. The van der Waals surface area contributed by atoms with Crippen molar-refractivity contribution >= 4 is 0 Å². The van der Waals surface area contributed by atoms with Gasteiger partial charge in [0.2, 0.25) is 0 Å². The van der Waals surface area contributed by atoms with Gasteiger partial charge >= 0.3 is 0 Å². The molecule has 0 unspecified atom stereocenters. The summed E-state index contributed by atoms with van der Waals surface area (Å²) in [4.78, 5) is 0. The van der Waals surface area contributed by atoms with Crippen molar-refractivity contribution < 1.29 is 0 Å². The van der Waals surface area contributed by atoms with E-state index in [4.69, 9.17) is 5.73 Å². The molecule has 0 amide bonds. The average molecular weight is 208 g/mol. The number of rotatable bonds is 3. The van der Waals surface area contributed by atoms with Crippen LogP contribution in [0.25, 0.3) is 0 Å². The van der Waals surface area contributed by atoms with Gasteiger partial charge in [0, 0.05) is 25.2 Å². The topological polar surface area (TPSA) is 55.9 Å². The third-order valence-corrected chi connectivity index (χ3v) is 2.83. The molecule has 4 nitrogen and oxygen atoms in total. The lowest BCUT2D eigenvalue weighted by molar-refractivity contribution is 0.465. The molecule has 1 aromatic heterocycles. The number of aromatic nitrogens is 2. The lowest BCUT2D eigenvalue weighted by Crippen LogP contribution is -2.23. The van der Waals surface area contributed by atoms with Crippen molar-refractivity contribution in [1.29, 1.82) is 0 Å². The summed E-state index contributed by atoms with van der Waals surface area (Å²) in [5, 5.41) is 7.98. The highest BCUT2D eigenvalue weighted by atomic mass is 15.3. The number of nitrogens with zero attached hydrogens (tertiary/aromatic N) is 2. The lowest BCUT2D eigenvalue weighted by atomic mass is 10.1. The molecule has 3 N–H and O–H groups in total. The second kappa shape index (κ2) is 4.33. The van der Waals surface area contributed by atoms with Crippen molar-refractivity contribution in [3.63, 3.8) is 0 Å².